The lowest BCUT2D eigenvalue weighted by atomic mass is 10.1. The van der Waals surface area contributed by atoms with Gasteiger partial charge in [-0.15, -0.1) is 0 Å². The normalized spacial score (nSPS) is 15.1. The maximum atomic E-state index is 5.75. The summed E-state index contributed by atoms with van der Waals surface area (Å²) in [5.41, 5.74) is 1.15. The number of hydrogen-bond donors (Lipinski definition) is 1. The van der Waals surface area contributed by atoms with Gasteiger partial charge in [0, 0.05) is 6.04 Å². The summed E-state index contributed by atoms with van der Waals surface area (Å²) < 4.78 is 16.4. The van der Waals surface area contributed by atoms with Crippen molar-refractivity contribution < 1.29 is 13.9 Å². The maximum Gasteiger partial charge on any atom is 0.193 e. The van der Waals surface area contributed by atoms with E-state index in [1.54, 1.807) is 6.07 Å². The highest BCUT2D eigenvalue weighted by molar-refractivity contribution is 6.28. The molecular weight excluding hydrogens is 278 g/mol. The first-order valence-corrected chi connectivity index (χ1v) is 6.97. The summed E-state index contributed by atoms with van der Waals surface area (Å²) in [5, 5.41) is 3.80. The van der Waals surface area contributed by atoms with Crippen LogP contribution in [-0.2, 0) is 6.54 Å². The molecule has 1 atom stereocenters. The molecule has 0 spiro atoms. The molecule has 2 heterocycles. The van der Waals surface area contributed by atoms with Crippen molar-refractivity contribution >= 4 is 11.6 Å². The van der Waals surface area contributed by atoms with Crippen LogP contribution in [0, 0.1) is 0 Å². The first kappa shape index (κ1) is 13.3. The summed E-state index contributed by atoms with van der Waals surface area (Å²) in [4.78, 5) is 0. The van der Waals surface area contributed by atoms with Gasteiger partial charge in [-0.1, -0.05) is 6.07 Å². The lowest BCUT2D eigenvalue weighted by Gasteiger charge is -2.21. The lowest BCUT2D eigenvalue weighted by molar-refractivity contribution is 0.171. The largest absolute Gasteiger partial charge is 0.486 e. The van der Waals surface area contributed by atoms with Crippen molar-refractivity contribution in [3.8, 4) is 11.5 Å². The lowest BCUT2D eigenvalue weighted by Crippen LogP contribution is -2.19. The van der Waals surface area contributed by atoms with E-state index in [0.717, 1.165) is 22.8 Å². The number of benzene rings is 1. The number of hydrogen-bond acceptors (Lipinski definition) is 4. The molecule has 1 unspecified atom stereocenters. The Labute approximate surface area is 122 Å². The Hall–Kier alpha value is -1.65. The van der Waals surface area contributed by atoms with Gasteiger partial charge in [0.05, 0.1) is 6.54 Å². The molecule has 0 radical (unpaired) electrons. The average Bonchev–Trinajstić information content (AvgIpc) is 2.90. The van der Waals surface area contributed by atoms with Gasteiger partial charge >= 0.3 is 0 Å². The molecule has 4 nitrogen and oxygen atoms in total. The Kier molecular flexibility index (Phi) is 3.85. The molecule has 106 valence electrons. The van der Waals surface area contributed by atoms with Crippen LogP contribution in [0.4, 0.5) is 0 Å². The predicted octanol–water partition coefficient (Wildman–Crippen LogP) is 3.56. The van der Waals surface area contributed by atoms with E-state index in [9.17, 15) is 0 Å². The van der Waals surface area contributed by atoms with E-state index in [2.05, 4.69) is 12.2 Å². The topological polar surface area (TPSA) is 43.6 Å². The number of nitrogens with one attached hydrogen (secondary N) is 1. The van der Waals surface area contributed by atoms with Gasteiger partial charge in [-0.25, -0.2) is 0 Å². The van der Waals surface area contributed by atoms with Crippen molar-refractivity contribution in [3.05, 3.63) is 46.9 Å². The van der Waals surface area contributed by atoms with Gasteiger partial charge in [0.25, 0.3) is 0 Å². The molecule has 0 saturated carbocycles. The molecule has 0 fully saturated rings. The Morgan fingerprint density at radius 3 is 2.70 bits per heavy atom. The van der Waals surface area contributed by atoms with Crippen LogP contribution < -0.4 is 14.8 Å². The molecule has 20 heavy (non-hydrogen) atoms. The van der Waals surface area contributed by atoms with Gasteiger partial charge < -0.3 is 19.2 Å². The highest BCUT2D eigenvalue weighted by atomic mass is 35.5. The van der Waals surface area contributed by atoms with Crippen molar-refractivity contribution in [3.63, 3.8) is 0 Å². The zero-order valence-electron chi connectivity index (χ0n) is 11.2. The zero-order valence-corrected chi connectivity index (χ0v) is 11.9. The van der Waals surface area contributed by atoms with E-state index in [0.29, 0.717) is 25.0 Å². The number of ether oxygens (including phenoxy) is 2. The van der Waals surface area contributed by atoms with E-state index in [1.807, 2.05) is 24.3 Å². The predicted molar refractivity (Wildman–Crippen MR) is 76.4 cm³/mol. The van der Waals surface area contributed by atoms with Gasteiger partial charge in [0.15, 0.2) is 16.7 Å². The third-order valence-electron chi connectivity index (χ3n) is 3.28. The van der Waals surface area contributed by atoms with Crippen molar-refractivity contribution in [1.29, 1.82) is 0 Å². The summed E-state index contributed by atoms with van der Waals surface area (Å²) >= 11 is 5.75. The van der Waals surface area contributed by atoms with E-state index in [-0.39, 0.29) is 6.04 Å². The fraction of sp³-hybridized carbons (Fsp3) is 0.333. The van der Waals surface area contributed by atoms with E-state index in [4.69, 9.17) is 25.5 Å². The second-order valence-corrected chi connectivity index (χ2v) is 5.08. The Morgan fingerprint density at radius 2 is 1.95 bits per heavy atom. The van der Waals surface area contributed by atoms with E-state index in [1.165, 1.54) is 0 Å². The van der Waals surface area contributed by atoms with E-state index >= 15 is 0 Å². The molecule has 1 aromatic carbocycles. The first-order chi connectivity index (χ1) is 9.72. The number of furan rings is 1. The maximum absolute atomic E-state index is 5.75. The van der Waals surface area contributed by atoms with Gasteiger partial charge in [0.1, 0.15) is 19.0 Å². The standard InChI is InChI=1S/C15H16ClNO3/c1-10(17-9-12-3-5-15(16)20-12)11-2-4-13-14(8-11)19-7-6-18-13/h2-5,8,10,17H,6-7,9H2,1H3. The quantitative estimate of drug-likeness (QED) is 0.936. The molecule has 1 N–H and O–H groups in total. The molecule has 1 aliphatic rings. The minimum Gasteiger partial charge on any atom is -0.486 e. The molecule has 0 aliphatic carbocycles. The summed E-state index contributed by atoms with van der Waals surface area (Å²) in [7, 11) is 0. The molecule has 0 bridgehead atoms. The van der Waals surface area contributed by atoms with Crippen molar-refractivity contribution in [2.45, 2.75) is 19.5 Å². The molecule has 1 aliphatic heterocycles. The van der Waals surface area contributed by atoms with Crippen LogP contribution in [-0.4, -0.2) is 13.2 Å². The Balaban J connectivity index is 1.66. The minimum absolute atomic E-state index is 0.176. The zero-order chi connectivity index (χ0) is 13.9. The third kappa shape index (κ3) is 2.92. The van der Waals surface area contributed by atoms with Crippen LogP contribution in [0.1, 0.15) is 24.3 Å². The molecule has 0 saturated heterocycles. The minimum atomic E-state index is 0.176. The monoisotopic (exact) mass is 293 g/mol. The van der Waals surface area contributed by atoms with Crippen molar-refractivity contribution in [2.75, 3.05) is 13.2 Å². The molecule has 0 amide bonds. The van der Waals surface area contributed by atoms with Crippen molar-refractivity contribution in [1.82, 2.24) is 5.32 Å². The van der Waals surface area contributed by atoms with Crippen LogP contribution in [0.3, 0.4) is 0 Å². The fourth-order valence-corrected chi connectivity index (χ4v) is 2.31. The van der Waals surface area contributed by atoms with Crippen LogP contribution >= 0.6 is 11.6 Å². The molecule has 5 heteroatoms. The van der Waals surface area contributed by atoms with Crippen LogP contribution in [0.2, 0.25) is 5.22 Å². The number of halogens is 1. The Bertz CT molecular complexity index is 597. The summed E-state index contributed by atoms with van der Waals surface area (Å²) in [6.07, 6.45) is 0. The van der Waals surface area contributed by atoms with Gasteiger partial charge in [-0.05, 0) is 48.4 Å². The summed E-state index contributed by atoms with van der Waals surface area (Å²) in [6.45, 7) is 3.93. The molecule has 1 aromatic heterocycles. The first-order valence-electron chi connectivity index (χ1n) is 6.59. The SMILES string of the molecule is CC(NCc1ccc(Cl)o1)c1ccc2c(c1)OCCO2. The van der Waals surface area contributed by atoms with Crippen molar-refractivity contribution in [2.24, 2.45) is 0 Å². The van der Waals surface area contributed by atoms with Gasteiger partial charge in [-0.2, -0.15) is 0 Å². The van der Waals surface area contributed by atoms with Crippen LogP contribution in [0.15, 0.2) is 34.7 Å². The second-order valence-electron chi connectivity index (χ2n) is 4.71. The molecular formula is C15H16ClNO3. The van der Waals surface area contributed by atoms with Crippen LogP contribution in [0.5, 0.6) is 11.5 Å². The highest BCUT2D eigenvalue weighted by Gasteiger charge is 2.14. The smallest absolute Gasteiger partial charge is 0.193 e. The fourth-order valence-electron chi connectivity index (χ4n) is 2.15. The van der Waals surface area contributed by atoms with Crippen LogP contribution in [0.25, 0.3) is 0 Å². The van der Waals surface area contributed by atoms with Gasteiger partial charge in [0.2, 0.25) is 0 Å². The number of rotatable bonds is 4. The third-order valence-corrected chi connectivity index (χ3v) is 3.48. The Morgan fingerprint density at radius 1 is 1.15 bits per heavy atom. The molecule has 3 rings (SSSR count). The van der Waals surface area contributed by atoms with Gasteiger partial charge in [-0.3, -0.25) is 0 Å². The summed E-state index contributed by atoms with van der Waals surface area (Å²) in [5.74, 6) is 2.44. The highest BCUT2D eigenvalue weighted by Crippen LogP contribution is 2.32. The summed E-state index contributed by atoms with van der Waals surface area (Å²) in [6, 6.07) is 9.79. The molecule has 2 aromatic rings. The average molecular weight is 294 g/mol. The second kappa shape index (κ2) is 5.77. The van der Waals surface area contributed by atoms with E-state index < -0.39 is 0 Å². The number of fused-ring (bicyclic) bond motifs is 1.